The van der Waals surface area contributed by atoms with Gasteiger partial charge in [-0.25, -0.2) is 0 Å². The Morgan fingerprint density at radius 2 is 1.57 bits per heavy atom. The van der Waals surface area contributed by atoms with E-state index >= 15 is 0 Å². The van der Waals surface area contributed by atoms with Crippen molar-refractivity contribution in [1.82, 2.24) is 0 Å². The molecule has 5 atom stereocenters. The predicted molar refractivity (Wildman–Crippen MR) is 104 cm³/mol. The lowest BCUT2D eigenvalue weighted by Gasteiger charge is -2.38. The third kappa shape index (κ3) is 4.45. The summed E-state index contributed by atoms with van der Waals surface area (Å²) in [5.41, 5.74) is 0.484. The summed E-state index contributed by atoms with van der Waals surface area (Å²) in [6.07, 6.45) is -5.65. The highest BCUT2D eigenvalue weighted by Gasteiger charge is 2.43. The highest BCUT2D eigenvalue weighted by Crippen LogP contribution is 2.35. The van der Waals surface area contributed by atoms with E-state index in [1.54, 1.807) is 0 Å². The molecule has 0 amide bonds. The minimum absolute atomic E-state index is 0.0197. The van der Waals surface area contributed by atoms with Crippen LogP contribution in [-0.2, 0) is 11.2 Å². The average molecular weight is 418 g/mol. The van der Waals surface area contributed by atoms with Crippen molar-refractivity contribution in [3.05, 3.63) is 59.2 Å². The summed E-state index contributed by atoms with van der Waals surface area (Å²) in [6, 6.07) is 8.27. The van der Waals surface area contributed by atoms with Crippen LogP contribution in [0, 0.1) is 0 Å². The van der Waals surface area contributed by atoms with Crippen LogP contribution in [0.2, 0.25) is 0 Å². The normalized spacial score (nSPS) is 26.7. The summed E-state index contributed by atoms with van der Waals surface area (Å²) >= 11 is 0. The lowest BCUT2D eigenvalue weighted by molar-refractivity contribution is -0.281. The second kappa shape index (κ2) is 8.82. The Hall–Kier alpha value is -2.95. The number of aromatic hydroxyl groups is 3. The smallest absolute Gasteiger partial charge is 0.185 e. The van der Waals surface area contributed by atoms with Crippen LogP contribution in [0.3, 0.4) is 0 Å². The van der Waals surface area contributed by atoms with Gasteiger partial charge in [-0.15, -0.1) is 0 Å². The average Bonchev–Trinajstić information content (AvgIpc) is 2.72. The van der Waals surface area contributed by atoms with Gasteiger partial charge in [0.15, 0.2) is 12.1 Å². The molecule has 2 aromatic carbocycles. The fourth-order valence-corrected chi connectivity index (χ4v) is 3.17. The van der Waals surface area contributed by atoms with Crippen molar-refractivity contribution < 1.29 is 45.3 Å². The third-order valence-corrected chi connectivity index (χ3v) is 4.95. The molecule has 1 aliphatic heterocycles. The van der Waals surface area contributed by atoms with Crippen LogP contribution in [0.15, 0.2) is 42.5 Å². The van der Waals surface area contributed by atoms with Gasteiger partial charge in [0, 0.05) is 23.1 Å². The molecule has 0 saturated carbocycles. The van der Waals surface area contributed by atoms with Crippen molar-refractivity contribution in [1.29, 1.82) is 0 Å². The number of allylic oxidation sites excluding steroid dienone is 1. The van der Waals surface area contributed by atoms with E-state index in [0.29, 0.717) is 5.56 Å². The summed E-state index contributed by atoms with van der Waals surface area (Å²) in [6.45, 7) is 0. The van der Waals surface area contributed by atoms with Crippen LogP contribution in [-0.4, -0.2) is 72.2 Å². The molecule has 9 heteroatoms. The van der Waals surface area contributed by atoms with Gasteiger partial charge in [-0.2, -0.15) is 0 Å². The van der Waals surface area contributed by atoms with Crippen molar-refractivity contribution in [2.45, 2.75) is 37.1 Å². The zero-order chi connectivity index (χ0) is 22.0. The quantitative estimate of drug-likeness (QED) is 0.262. The largest absolute Gasteiger partial charge is 0.508 e. The Kier molecular flexibility index (Phi) is 6.40. The zero-order valence-electron chi connectivity index (χ0n) is 15.7. The van der Waals surface area contributed by atoms with Crippen molar-refractivity contribution in [2.24, 2.45) is 0 Å². The maximum Gasteiger partial charge on any atom is 0.185 e. The maximum absolute atomic E-state index is 12.2. The molecule has 1 aliphatic rings. The van der Waals surface area contributed by atoms with E-state index in [2.05, 4.69) is 0 Å². The monoisotopic (exact) mass is 418 g/mol. The molecule has 30 heavy (non-hydrogen) atoms. The molecular weight excluding hydrogens is 396 g/mol. The van der Waals surface area contributed by atoms with E-state index in [1.165, 1.54) is 48.6 Å². The fourth-order valence-electron chi connectivity index (χ4n) is 3.17. The predicted octanol–water partition coefficient (Wildman–Crippen LogP) is 0.0419. The summed E-state index contributed by atoms with van der Waals surface area (Å²) in [4.78, 5) is 12.2. The molecule has 1 heterocycles. The number of phenolic OH excluding ortho intramolecular Hbond substituents is 3. The first-order valence-corrected chi connectivity index (χ1v) is 9.12. The first-order valence-electron chi connectivity index (χ1n) is 9.12. The van der Waals surface area contributed by atoms with E-state index in [4.69, 9.17) is 4.74 Å². The number of rotatable bonds is 5. The van der Waals surface area contributed by atoms with Gasteiger partial charge in [0.05, 0.1) is 6.10 Å². The standard InChI is InChI=1S/C21H22O9/c22-12-5-1-10(2-6-12)14(23)7-3-11-4-8-15(24)13(17(11)25)9-16-18(26)19(27)20(28)21(29)30-16/h1-8,16,18-22,24-29H,9H2/b7-3+/t16-,18+,19+,20-,21-/m0/s1. The highest BCUT2D eigenvalue weighted by atomic mass is 16.6. The molecule has 3 rings (SSSR count). The highest BCUT2D eigenvalue weighted by molar-refractivity contribution is 6.07. The van der Waals surface area contributed by atoms with Crippen LogP contribution >= 0.6 is 0 Å². The Morgan fingerprint density at radius 1 is 0.900 bits per heavy atom. The van der Waals surface area contributed by atoms with Crippen LogP contribution < -0.4 is 0 Å². The number of aliphatic hydroxyl groups is 4. The molecule has 0 aliphatic carbocycles. The van der Waals surface area contributed by atoms with E-state index < -0.39 is 30.7 Å². The van der Waals surface area contributed by atoms with Crippen molar-refractivity contribution in [2.75, 3.05) is 0 Å². The molecule has 0 bridgehead atoms. The number of hydrogen-bond donors (Lipinski definition) is 7. The topological polar surface area (TPSA) is 168 Å². The lowest BCUT2D eigenvalue weighted by atomic mass is 9.92. The fraction of sp³-hybridized carbons (Fsp3) is 0.286. The van der Waals surface area contributed by atoms with Gasteiger partial charge in [0.1, 0.15) is 35.6 Å². The summed E-state index contributed by atoms with van der Waals surface area (Å²) in [7, 11) is 0. The van der Waals surface area contributed by atoms with Crippen LogP contribution in [0.25, 0.3) is 6.08 Å². The number of carbonyl (C=O) groups excluding carboxylic acids is 1. The van der Waals surface area contributed by atoms with E-state index in [1.807, 2.05) is 0 Å². The first-order chi connectivity index (χ1) is 14.2. The number of ether oxygens (including phenoxy) is 1. The first kappa shape index (κ1) is 21.8. The van der Waals surface area contributed by atoms with Gasteiger partial charge in [-0.05, 0) is 48.6 Å². The molecule has 0 spiro atoms. The van der Waals surface area contributed by atoms with Gasteiger partial charge in [0.25, 0.3) is 0 Å². The Balaban J connectivity index is 1.81. The van der Waals surface area contributed by atoms with Crippen molar-refractivity contribution >= 4 is 11.9 Å². The lowest BCUT2D eigenvalue weighted by Crippen LogP contribution is -2.57. The number of hydrogen-bond acceptors (Lipinski definition) is 9. The number of ketones is 1. The molecule has 160 valence electrons. The number of carbonyl (C=O) groups is 1. The Labute approximate surface area is 171 Å². The Morgan fingerprint density at radius 3 is 2.23 bits per heavy atom. The molecule has 0 unspecified atom stereocenters. The molecular formula is C21H22O9. The summed E-state index contributed by atoms with van der Waals surface area (Å²) in [5.74, 6) is -1.06. The number of aliphatic hydroxyl groups excluding tert-OH is 4. The van der Waals surface area contributed by atoms with Crippen molar-refractivity contribution in [3.63, 3.8) is 0 Å². The minimum Gasteiger partial charge on any atom is -0.508 e. The molecule has 0 radical (unpaired) electrons. The molecule has 2 aromatic rings. The van der Waals surface area contributed by atoms with E-state index in [9.17, 15) is 40.5 Å². The van der Waals surface area contributed by atoms with Gasteiger partial charge >= 0.3 is 0 Å². The molecule has 1 saturated heterocycles. The van der Waals surface area contributed by atoms with E-state index in [0.717, 1.165) is 0 Å². The van der Waals surface area contributed by atoms with Crippen molar-refractivity contribution in [3.8, 4) is 17.2 Å². The second-order valence-electron chi connectivity index (χ2n) is 6.99. The van der Waals surface area contributed by atoms with Gasteiger partial charge in [-0.3, -0.25) is 4.79 Å². The molecule has 1 fully saturated rings. The molecule has 9 nitrogen and oxygen atoms in total. The van der Waals surface area contributed by atoms with Gasteiger partial charge < -0.3 is 40.5 Å². The maximum atomic E-state index is 12.2. The molecule has 7 N–H and O–H groups in total. The molecule has 0 aromatic heterocycles. The zero-order valence-corrected chi connectivity index (χ0v) is 15.7. The summed E-state index contributed by atoms with van der Waals surface area (Å²) < 4.78 is 5.08. The summed E-state index contributed by atoms with van der Waals surface area (Å²) in [5, 5.41) is 69.0. The van der Waals surface area contributed by atoms with Gasteiger partial charge in [0.2, 0.25) is 0 Å². The number of benzene rings is 2. The van der Waals surface area contributed by atoms with Gasteiger partial charge in [-0.1, -0.05) is 0 Å². The third-order valence-electron chi connectivity index (χ3n) is 4.95. The minimum atomic E-state index is -1.75. The Bertz CT molecular complexity index is 938. The van der Waals surface area contributed by atoms with E-state index in [-0.39, 0.29) is 40.6 Å². The van der Waals surface area contributed by atoms with Crippen LogP contribution in [0.1, 0.15) is 21.5 Å². The SMILES string of the molecule is O=C(/C=C/c1ccc(O)c(C[C@@H]2O[C@H](O)[C@@H](O)[C@H](O)[C@@H]2O)c1O)c1ccc(O)cc1. The number of phenols is 3. The van der Waals surface area contributed by atoms with Crippen LogP contribution in [0.5, 0.6) is 17.2 Å². The second-order valence-corrected chi connectivity index (χ2v) is 6.99. The van der Waals surface area contributed by atoms with Crippen LogP contribution in [0.4, 0.5) is 0 Å².